The van der Waals surface area contributed by atoms with E-state index in [-0.39, 0.29) is 12.5 Å². The van der Waals surface area contributed by atoms with Gasteiger partial charge in [-0.1, -0.05) is 12.1 Å². The van der Waals surface area contributed by atoms with Crippen LogP contribution in [0.1, 0.15) is 17.3 Å². The third kappa shape index (κ3) is 2.84. The number of carbonyl (C=O) groups is 1. The Hall–Kier alpha value is -2.50. The maximum Gasteiger partial charge on any atom is 0.263 e. The van der Waals surface area contributed by atoms with Gasteiger partial charge in [0.15, 0.2) is 6.10 Å². The summed E-state index contributed by atoms with van der Waals surface area (Å²) in [5.74, 6) is 1.77. The van der Waals surface area contributed by atoms with Crippen LogP contribution < -0.4 is 15.4 Å². The van der Waals surface area contributed by atoms with Crippen LogP contribution in [-0.2, 0) is 11.3 Å². The van der Waals surface area contributed by atoms with Gasteiger partial charge in [-0.3, -0.25) is 4.79 Å². The van der Waals surface area contributed by atoms with Crippen LogP contribution in [0.2, 0.25) is 0 Å². The average Bonchev–Trinajstić information content (AvgIpc) is 2.83. The molecule has 1 unspecified atom stereocenters. The highest BCUT2D eigenvalue weighted by Crippen LogP contribution is 2.28. The molecule has 3 rings (SSSR count). The molecule has 1 aliphatic heterocycles. The summed E-state index contributed by atoms with van der Waals surface area (Å²) in [5.41, 5.74) is 1.74. The third-order valence-electron chi connectivity index (χ3n) is 3.41. The van der Waals surface area contributed by atoms with Crippen LogP contribution in [0.25, 0.3) is 0 Å². The van der Waals surface area contributed by atoms with E-state index in [4.69, 9.17) is 9.15 Å². The molecule has 0 fully saturated rings. The van der Waals surface area contributed by atoms with E-state index in [2.05, 4.69) is 15.6 Å². The Morgan fingerprint density at radius 2 is 2.24 bits per heavy atom. The third-order valence-corrected chi connectivity index (χ3v) is 3.41. The fourth-order valence-electron chi connectivity index (χ4n) is 2.15. The first-order valence-corrected chi connectivity index (χ1v) is 6.83. The average molecular weight is 287 g/mol. The molecular weight excluding hydrogens is 270 g/mol. The predicted molar refractivity (Wildman–Crippen MR) is 77.2 cm³/mol. The number of hydrogen-bond donors (Lipinski definition) is 2. The highest BCUT2D eigenvalue weighted by Gasteiger charge is 2.25. The van der Waals surface area contributed by atoms with Crippen molar-refractivity contribution >= 4 is 11.6 Å². The second kappa shape index (κ2) is 5.47. The zero-order chi connectivity index (χ0) is 14.8. The molecule has 0 radical (unpaired) electrons. The van der Waals surface area contributed by atoms with E-state index in [9.17, 15) is 4.79 Å². The summed E-state index contributed by atoms with van der Waals surface area (Å²) in [6.45, 7) is 4.41. The van der Waals surface area contributed by atoms with Gasteiger partial charge in [-0.05, 0) is 26.0 Å². The number of hydrogen-bond acceptors (Lipinski definition) is 5. The number of oxazole rings is 1. The summed E-state index contributed by atoms with van der Waals surface area (Å²) < 4.78 is 11.1. The fourth-order valence-corrected chi connectivity index (χ4v) is 2.15. The van der Waals surface area contributed by atoms with E-state index < -0.39 is 6.10 Å². The number of rotatable bonds is 3. The standard InChI is InChI=1S/C15H17N3O3/c1-9-10(2)20-14(18-9)8-17-15(19)13-7-16-11-5-3-4-6-12(11)21-13/h3-6,13,16H,7-8H2,1-2H3,(H,17,19). The molecule has 110 valence electrons. The quantitative estimate of drug-likeness (QED) is 0.900. The topological polar surface area (TPSA) is 76.4 Å². The molecule has 1 aromatic heterocycles. The van der Waals surface area contributed by atoms with Crippen LogP contribution in [0, 0.1) is 13.8 Å². The van der Waals surface area contributed by atoms with Crippen LogP contribution in [-0.4, -0.2) is 23.5 Å². The smallest absolute Gasteiger partial charge is 0.263 e. The molecule has 1 atom stereocenters. The molecule has 0 aliphatic carbocycles. The minimum Gasteiger partial charge on any atom is -0.477 e. The molecule has 21 heavy (non-hydrogen) atoms. The Morgan fingerprint density at radius 1 is 1.43 bits per heavy atom. The van der Waals surface area contributed by atoms with Crippen LogP contribution in [0.5, 0.6) is 5.75 Å². The number of aryl methyl sites for hydroxylation is 2. The number of carbonyl (C=O) groups excluding carboxylic acids is 1. The van der Waals surface area contributed by atoms with E-state index >= 15 is 0 Å². The molecule has 2 N–H and O–H groups in total. The van der Waals surface area contributed by atoms with Gasteiger partial charge in [0.2, 0.25) is 5.89 Å². The summed E-state index contributed by atoms with van der Waals surface area (Å²) >= 11 is 0. The first kappa shape index (κ1) is 13.5. The maximum absolute atomic E-state index is 12.1. The number of nitrogens with one attached hydrogen (secondary N) is 2. The SMILES string of the molecule is Cc1nc(CNC(=O)C2CNc3ccccc3O2)oc1C. The van der Waals surface area contributed by atoms with Gasteiger partial charge in [-0.2, -0.15) is 0 Å². The van der Waals surface area contributed by atoms with Gasteiger partial charge < -0.3 is 19.8 Å². The van der Waals surface area contributed by atoms with Crippen molar-refractivity contribution < 1.29 is 13.9 Å². The lowest BCUT2D eigenvalue weighted by Gasteiger charge is -2.26. The van der Waals surface area contributed by atoms with Crippen LogP contribution in [0.3, 0.4) is 0 Å². The molecule has 6 heteroatoms. The molecule has 1 aromatic carbocycles. The molecule has 2 aromatic rings. The first-order chi connectivity index (χ1) is 10.1. The second-order valence-corrected chi connectivity index (χ2v) is 4.95. The lowest BCUT2D eigenvalue weighted by atomic mass is 10.2. The second-order valence-electron chi connectivity index (χ2n) is 4.95. The summed E-state index contributed by atoms with van der Waals surface area (Å²) in [6, 6.07) is 7.55. The zero-order valence-corrected chi connectivity index (χ0v) is 12.0. The Kier molecular flexibility index (Phi) is 3.51. The molecule has 1 amide bonds. The summed E-state index contributed by atoms with van der Waals surface area (Å²) in [6.07, 6.45) is -0.558. The number of anilines is 1. The van der Waals surface area contributed by atoms with Crippen molar-refractivity contribution in [3.05, 3.63) is 41.6 Å². The number of aromatic nitrogens is 1. The predicted octanol–water partition coefficient (Wildman–Crippen LogP) is 1.78. The number of para-hydroxylation sites is 2. The molecule has 2 heterocycles. The lowest BCUT2D eigenvalue weighted by Crippen LogP contribution is -2.44. The van der Waals surface area contributed by atoms with Crippen molar-refractivity contribution in [2.75, 3.05) is 11.9 Å². The van der Waals surface area contributed by atoms with Gasteiger partial charge in [-0.15, -0.1) is 0 Å². The van der Waals surface area contributed by atoms with Crippen LogP contribution in [0.4, 0.5) is 5.69 Å². The molecule has 0 saturated carbocycles. The Labute approximate surface area is 122 Å². The van der Waals surface area contributed by atoms with Gasteiger partial charge in [-0.25, -0.2) is 4.98 Å². The number of nitrogens with zero attached hydrogens (tertiary/aromatic N) is 1. The number of benzene rings is 1. The van der Waals surface area contributed by atoms with Gasteiger partial charge in [0, 0.05) is 0 Å². The normalized spacial score (nSPS) is 16.6. The first-order valence-electron chi connectivity index (χ1n) is 6.83. The van der Waals surface area contributed by atoms with Crippen LogP contribution in [0.15, 0.2) is 28.7 Å². The van der Waals surface area contributed by atoms with E-state index in [0.29, 0.717) is 18.2 Å². The molecule has 6 nitrogen and oxygen atoms in total. The van der Waals surface area contributed by atoms with Gasteiger partial charge in [0.1, 0.15) is 11.5 Å². The minimum absolute atomic E-state index is 0.189. The van der Waals surface area contributed by atoms with E-state index in [1.165, 1.54) is 0 Å². The van der Waals surface area contributed by atoms with E-state index in [1.54, 1.807) is 0 Å². The van der Waals surface area contributed by atoms with Gasteiger partial charge >= 0.3 is 0 Å². The zero-order valence-electron chi connectivity index (χ0n) is 12.0. The van der Waals surface area contributed by atoms with Crippen molar-refractivity contribution in [3.8, 4) is 5.75 Å². The van der Waals surface area contributed by atoms with E-state index in [0.717, 1.165) is 17.1 Å². The Balaban J connectivity index is 1.59. The molecule has 0 saturated heterocycles. The van der Waals surface area contributed by atoms with Gasteiger partial charge in [0.25, 0.3) is 5.91 Å². The number of ether oxygens (including phenoxy) is 1. The molecule has 0 bridgehead atoms. The highest BCUT2D eigenvalue weighted by atomic mass is 16.5. The van der Waals surface area contributed by atoms with Crippen molar-refractivity contribution in [2.24, 2.45) is 0 Å². The van der Waals surface area contributed by atoms with Crippen molar-refractivity contribution in [3.63, 3.8) is 0 Å². The summed E-state index contributed by atoms with van der Waals surface area (Å²) in [4.78, 5) is 16.4. The minimum atomic E-state index is -0.558. The fraction of sp³-hybridized carbons (Fsp3) is 0.333. The largest absolute Gasteiger partial charge is 0.477 e. The molecule has 0 spiro atoms. The van der Waals surface area contributed by atoms with Crippen molar-refractivity contribution in [2.45, 2.75) is 26.5 Å². The maximum atomic E-state index is 12.1. The number of amides is 1. The van der Waals surface area contributed by atoms with Crippen LogP contribution >= 0.6 is 0 Å². The summed E-state index contributed by atoms with van der Waals surface area (Å²) in [7, 11) is 0. The van der Waals surface area contributed by atoms with E-state index in [1.807, 2.05) is 38.1 Å². The number of fused-ring (bicyclic) bond motifs is 1. The van der Waals surface area contributed by atoms with Crippen molar-refractivity contribution in [1.29, 1.82) is 0 Å². The monoisotopic (exact) mass is 287 g/mol. The lowest BCUT2D eigenvalue weighted by molar-refractivity contribution is -0.127. The molecule has 1 aliphatic rings. The van der Waals surface area contributed by atoms with Gasteiger partial charge in [0.05, 0.1) is 24.5 Å². The Bertz CT molecular complexity index is 646. The molecular formula is C15H17N3O3. The van der Waals surface area contributed by atoms with Crippen molar-refractivity contribution in [1.82, 2.24) is 10.3 Å². The Morgan fingerprint density at radius 3 is 3.00 bits per heavy atom. The highest BCUT2D eigenvalue weighted by molar-refractivity contribution is 5.82. The summed E-state index contributed by atoms with van der Waals surface area (Å²) in [5, 5.41) is 5.96.